The molecule has 7 heteroatoms. The molecule has 0 radical (unpaired) electrons. The van der Waals surface area contributed by atoms with Crippen LogP contribution in [0.4, 0.5) is 5.82 Å². The average Bonchev–Trinajstić information content (AvgIpc) is 3.31. The summed E-state index contributed by atoms with van der Waals surface area (Å²) in [5.74, 6) is 1.93. The summed E-state index contributed by atoms with van der Waals surface area (Å²) < 4.78 is 5.65. The first-order valence-corrected chi connectivity index (χ1v) is 9.19. The highest BCUT2D eigenvalue weighted by molar-refractivity contribution is 14.0. The minimum absolute atomic E-state index is 0. The van der Waals surface area contributed by atoms with Gasteiger partial charge in [0.05, 0.1) is 12.6 Å². The number of hydrogen-bond donors (Lipinski definition) is 2. The minimum atomic E-state index is 0. The maximum absolute atomic E-state index is 5.65. The van der Waals surface area contributed by atoms with E-state index in [0.717, 1.165) is 63.0 Å². The van der Waals surface area contributed by atoms with Crippen LogP contribution in [0.25, 0.3) is 0 Å². The zero-order valence-electron chi connectivity index (χ0n) is 15.0. The number of ether oxygens (including phenoxy) is 1. The molecule has 3 heterocycles. The van der Waals surface area contributed by atoms with Gasteiger partial charge in [0, 0.05) is 39.0 Å². The topological polar surface area (TPSA) is 61.8 Å². The third-order valence-corrected chi connectivity index (χ3v) is 4.52. The van der Waals surface area contributed by atoms with Crippen molar-refractivity contribution >= 4 is 35.8 Å². The Morgan fingerprint density at radius 2 is 2.12 bits per heavy atom. The maximum Gasteiger partial charge on any atom is 0.191 e. The zero-order valence-corrected chi connectivity index (χ0v) is 17.4. The molecule has 1 unspecified atom stereocenters. The van der Waals surface area contributed by atoms with E-state index in [1.807, 2.05) is 6.20 Å². The number of nitrogens with one attached hydrogen (secondary N) is 2. The van der Waals surface area contributed by atoms with Crippen LogP contribution in [0.5, 0.6) is 0 Å². The van der Waals surface area contributed by atoms with Crippen molar-refractivity contribution in [3.05, 3.63) is 23.9 Å². The molecule has 0 aliphatic carbocycles. The Morgan fingerprint density at radius 1 is 1.28 bits per heavy atom. The van der Waals surface area contributed by atoms with Gasteiger partial charge in [0.2, 0.25) is 0 Å². The summed E-state index contributed by atoms with van der Waals surface area (Å²) in [4.78, 5) is 11.6. The molecule has 25 heavy (non-hydrogen) atoms. The summed E-state index contributed by atoms with van der Waals surface area (Å²) in [6.07, 6.45) is 7.10. The fraction of sp³-hybridized carbons (Fsp3) is 0.667. The van der Waals surface area contributed by atoms with Gasteiger partial charge in [-0.2, -0.15) is 0 Å². The number of guanidine groups is 1. The molecule has 140 valence electrons. The quantitative estimate of drug-likeness (QED) is 0.389. The van der Waals surface area contributed by atoms with Crippen molar-refractivity contribution in [2.24, 2.45) is 4.99 Å². The Balaban J connectivity index is 0.00000225. The van der Waals surface area contributed by atoms with Crippen molar-refractivity contribution < 1.29 is 4.74 Å². The van der Waals surface area contributed by atoms with Crippen LogP contribution in [0.1, 0.15) is 38.2 Å². The fourth-order valence-electron chi connectivity index (χ4n) is 3.17. The standard InChI is InChI=1S/C18H29N5O.HI/c1-2-19-18(22-14-16-6-5-11-24-16)21-13-15-7-8-17(20-12-15)23-9-3-4-10-23;/h7-8,12,16H,2-6,9-11,13-14H2,1H3,(H2,19,21,22);1H. The van der Waals surface area contributed by atoms with Gasteiger partial charge in [-0.25, -0.2) is 9.98 Å². The molecule has 2 aliphatic rings. The molecule has 0 spiro atoms. The largest absolute Gasteiger partial charge is 0.376 e. The molecule has 2 N–H and O–H groups in total. The molecule has 2 aliphatic heterocycles. The van der Waals surface area contributed by atoms with Gasteiger partial charge >= 0.3 is 0 Å². The third-order valence-electron chi connectivity index (χ3n) is 4.52. The van der Waals surface area contributed by atoms with E-state index in [0.29, 0.717) is 12.6 Å². The molecular weight excluding hydrogens is 429 g/mol. The third kappa shape index (κ3) is 6.29. The number of rotatable bonds is 6. The second-order valence-electron chi connectivity index (χ2n) is 6.43. The fourth-order valence-corrected chi connectivity index (χ4v) is 3.17. The first-order valence-electron chi connectivity index (χ1n) is 9.19. The van der Waals surface area contributed by atoms with Crippen LogP contribution >= 0.6 is 24.0 Å². The van der Waals surface area contributed by atoms with Crippen molar-refractivity contribution in [2.45, 2.75) is 45.3 Å². The van der Waals surface area contributed by atoms with Gasteiger partial charge in [0.15, 0.2) is 5.96 Å². The van der Waals surface area contributed by atoms with Crippen LogP contribution in [0.2, 0.25) is 0 Å². The van der Waals surface area contributed by atoms with Crippen molar-refractivity contribution in [3.8, 4) is 0 Å². The average molecular weight is 459 g/mol. The molecule has 3 rings (SSSR count). The van der Waals surface area contributed by atoms with E-state index in [1.165, 1.54) is 12.8 Å². The highest BCUT2D eigenvalue weighted by Crippen LogP contribution is 2.17. The molecular formula is C18H30IN5O. The highest BCUT2D eigenvalue weighted by Gasteiger charge is 2.15. The molecule has 0 aromatic carbocycles. The van der Waals surface area contributed by atoms with Gasteiger partial charge in [0.25, 0.3) is 0 Å². The van der Waals surface area contributed by atoms with Gasteiger partial charge in [0.1, 0.15) is 5.82 Å². The van der Waals surface area contributed by atoms with Crippen molar-refractivity contribution in [1.82, 2.24) is 15.6 Å². The van der Waals surface area contributed by atoms with Crippen LogP contribution in [-0.2, 0) is 11.3 Å². The van der Waals surface area contributed by atoms with Gasteiger partial charge in [-0.15, -0.1) is 24.0 Å². The summed E-state index contributed by atoms with van der Waals surface area (Å²) in [5, 5.41) is 6.66. The zero-order chi connectivity index (χ0) is 16.6. The number of aromatic nitrogens is 1. The molecule has 1 atom stereocenters. The summed E-state index contributed by atoms with van der Waals surface area (Å²) in [6, 6.07) is 4.25. The van der Waals surface area contributed by atoms with Crippen LogP contribution < -0.4 is 15.5 Å². The maximum atomic E-state index is 5.65. The molecule has 1 aromatic rings. The van der Waals surface area contributed by atoms with Gasteiger partial charge in [-0.1, -0.05) is 6.07 Å². The molecule has 0 bridgehead atoms. The monoisotopic (exact) mass is 459 g/mol. The number of halogens is 1. The second-order valence-corrected chi connectivity index (χ2v) is 6.43. The van der Waals surface area contributed by atoms with E-state index in [1.54, 1.807) is 0 Å². The molecule has 2 saturated heterocycles. The summed E-state index contributed by atoms with van der Waals surface area (Å²) in [5.41, 5.74) is 1.13. The Bertz CT molecular complexity index is 525. The highest BCUT2D eigenvalue weighted by atomic mass is 127. The lowest BCUT2D eigenvalue weighted by Gasteiger charge is -2.16. The first kappa shape index (κ1) is 20.2. The van der Waals surface area contributed by atoms with Crippen LogP contribution in [0.15, 0.2) is 23.3 Å². The second kappa shape index (κ2) is 10.8. The SMILES string of the molecule is CCNC(=NCc1ccc(N2CCCC2)nc1)NCC1CCCO1.I. The normalized spacial score (nSPS) is 20.4. The van der Waals surface area contributed by atoms with Crippen molar-refractivity contribution in [2.75, 3.05) is 37.7 Å². The molecule has 0 saturated carbocycles. The Kier molecular flexibility index (Phi) is 8.74. The Labute approximate surface area is 167 Å². The first-order chi connectivity index (χ1) is 11.8. The lowest BCUT2D eigenvalue weighted by Crippen LogP contribution is -2.41. The van der Waals surface area contributed by atoms with Gasteiger partial charge in [-0.3, -0.25) is 0 Å². The van der Waals surface area contributed by atoms with Crippen molar-refractivity contribution in [3.63, 3.8) is 0 Å². The number of hydrogen-bond acceptors (Lipinski definition) is 4. The van der Waals surface area contributed by atoms with E-state index in [4.69, 9.17) is 4.74 Å². The number of pyridine rings is 1. The number of nitrogens with zero attached hydrogens (tertiary/aromatic N) is 3. The minimum Gasteiger partial charge on any atom is -0.376 e. The predicted octanol–water partition coefficient (Wildman–Crippen LogP) is 2.53. The smallest absolute Gasteiger partial charge is 0.191 e. The lowest BCUT2D eigenvalue weighted by molar-refractivity contribution is 0.114. The van der Waals surface area contributed by atoms with Crippen LogP contribution in [-0.4, -0.2) is 49.8 Å². The molecule has 2 fully saturated rings. The van der Waals surface area contributed by atoms with Crippen LogP contribution in [0.3, 0.4) is 0 Å². The van der Waals surface area contributed by atoms with E-state index < -0.39 is 0 Å². The van der Waals surface area contributed by atoms with Gasteiger partial charge in [-0.05, 0) is 44.2 Å². The van der Waals surface area contributed by atoms with E-state index in [2.05, 4.69) is 44.6 Å². The van der Waals surface area contributed by atoms with E-state index in [9.17, 15) is 0 Å². The molecule has 0 amide bonds. The Morgan fingerprint density at radius 3 is 2.76 bits per heavy atom. The molecule has 6 nitrogen and oxygen atoms in total. The van der Waals surface area contributed by atoms with Crippen LogP contribution in [0, 0.1) is 0 Å². The van der Waals surface area contributed by atoms with E-state index in [-0.39, 0.29) is 24.0 Å². The number of aliphatic imine (C=N–C) groups is 1. The summed E-state index contributed by atoms with van der Waals surface area (Å²) >= 11 is 0. The summed E-state index contributed by atoms with van der Waals surface area (Å²) in [6.45, 7) is 7.52. The van der Waals surface area contributed by atoms with E-state index >= 15 is 0 Å². The molecule has 1 aromatic heterocycles. The summed E-state index contributed by atoms with van der Waals surface area (Å²) in [7, 11) is 0. The number of anilines is 1. The van der Waals surface area contributed by atoms with Crippen molar-refractivity contribution in [1.29, 1.82) is 0 Å². The lowest BCUT2D eigenvalue weighted by atomic mass is 10.2. The van der Waals surface area contributed by atoms with Gasteiger partial charge < -0.3 is 20.3 Å². The predicted molar refractivity (Wildman–Crippen MR) is 113 cm³/mol. The Hall–Kier alpha value is -1.09.